The molecule has 19 heavy (non-hydrogen) atoms. The number of hydrogen-bond acceptors (Lipinski definition) is 4. The standard InChI is InChI=1S/C14H12ClN3O/c15-12-8-13(18-9-17-12)16-6-4-10-2-1-3-11-5-7-19-14(10)11/h1-3,5,7-9H,4,6H2,(H,16,17,18). The van der Waals surface area contributed by atoms with Crippen molar-refractivity contribution in [3.05, 3.63) is 53.6 Å². The van der Waals surface area contributed by atoms with Gasteiger partial charge in [0, 0.05) is 18.0 Å². The van der Waals surface area contributed by atoms with Crippen molar-refractivity contribution in [2.24, 2.45) is 0 Å². The zero-order valence-electron chi connectivity index (χ0n) is 10.1. The van der Waals surface area contributed by atoms with Gasteiger partial charge in [-0.05, 0) is 18.1 Å². The molecule has 1 aromatic carbocycles. The van der Waals surface area contributed by atoms with Crippen LogP contribution in [0, 0.1) is 0 Å². The van der Waals surface area contributed by atoms with Crippen LogP contribution in [0.4, 0.5) is 5.82 Å². The van der Waals surface area contributed by atoms with E-state index in [9.17, 15) is 0 Å². The van der Waals surface area contributed by atoms with Gasteiger partial charge in [-0.25, -0.2) is 9.97 Å². The second kappa shape index (κ2) is 5.28. The number of nitrogens with one attached hydrogen (secondary N) is 1. The predicted molar refractivity (Wildman–Crippen MR) is 75.4 cm³/mol. The lowest BCUT2D eigenvalue weighted by Crippen LogP contribution is -2.06. The van der Waals surface area contributed by atoms with Gasteiger partial charge in [0.05, 0.1) is 6.26 Å². The van der Waals surface area contributed by atoms with Crippen molar-refractivity contribution < 1.29 is 4.42 Å². The summed E-state index contributed by atoms with van der Waals surface area (Å²) in [6.07, 6.45) is 4.01. The van der Waals surface area contributed by atoms with Gasteiger partial charge in [-0.15, -0.1) is 0 Å². The average Bonchev–Trinajstić information content (AvgIpc) is 2.88. The Hall–Kier alpha value is -2.07. The van der Waals surface area contributed by atoms with E-state index >= 15 is 0 Å². The highest BCUT2D eigenvalue weighted by Crippen LogP contribution is 2.20. The van der Waals surface area contributed by atoms with E-state index in [1.54, 1.807) is 12.3 Å². The number of aromatic nitrogens is 2. The SMILES string of the molecule is Clc1cc(NCCc2cccc3ccoc23)ncn1. The highest BCUT2D eigenvalue weighted by atomic mass is 35.5. The number of furan rings is 1. The molecule has 0 amide bonds. The minimum atomic E-state index is 0.436. The molecule has 0 fully saturated rings. The third-order valence-electron chi connectivity index (χ3n) is 2.89. The van der Waals surface area contributed by atoms with Crippen LogP contribution in [-0.2, 0) is 6.42 Å². The average molecular weight is 274 g/mol. The van der Waals surface area contributed by atoms with Gasteiger partial charge in [0.25, 0.3) is 0 Å². The largest absolute Gasteiger partial charge is 0.464 e. The van der Waals surface area contributed by atoms with E-state index in [2.05, 4.69) is 21.4 Å². The molecule has 96 valence electrons. The van der Waals surface area contributed by atoms with Gasteiger partial charge < -0.3 is 9.73 Å². The van der Waals surface area contributed by atoms with E-state index in [0.29, 0.717) is 5.15 Å². The second-order valence-electron chi connectivity index (χ2n) is 4.16. The van der Waals surface area contributed by atoms with Crippen LogP contribution in [0.2, 0.25) is 5.15 Å². The number of para-hydroxylation sites is 1. The maximum Gasteiger partial charge on any atom is 0.137 e. The topological polar surface area (TPSA) is 51.0 Å². The zero-order valence-corrected chi connectivity index (χ0v) is 10.9. The summed E-state index contributed by atoms with van der Waals surface area (Å²) in [6, 6.07) is 9.82. The van der Waals surface area contributed by atoms with Crippen molar-refractivity contribution in [2.75, 3.05) is 11.9 Å². The quantitative estimate of drug-likeness (QED) is 0.739. The van der Waals surface area contributed by atoms with Crippen molar-refractivity contribution >= 4 is 28.4 Å². The Kier molecular flexibility index (Phi) is 3.33. The van der Waals surface area contributed by atoms with Crippen molar-refractivity contribution in [1.82, 2.24) is 9.97 Å². The van der Waals surface area contributed by atoms with Gasteiger partial charge in [-0.3, -0.25) is 0 Å². The lowest BCUT2D eigenvalue weighted by molar-refractivity contribution is 0.611. The zero-order chi connectivity index (χ0) is 13.1. The Morgan fingerprint density at radius 3 is 3.05 bits per heavy atom. The summed E-state index contributed by atoms with van der Waals surface area (Å²) in [5.41, 5.74) is 2.13. The summed E-state index contributed by atoms with van der Waals surface area (Å²) in [7, 11) is 0. The molecule has 0 saturated heterocycles. The molecule has 2 aromatic heterocycles. The smallest absolute Gasteiger partial charge is 0.137 e. The molecule has 4 nitrogen and oxygen atoms in total. The van der Waals surface area contributed by atoms with Gasteiger partial charge in [-0.1, -0.05) is 29.8 Å². The summed E-state index contributed by atoms with van der Waals surface area (Å²) in [6.45, 7) is 0.757. The summed E-state index contributed by atoms with van der Waals surface area (Å²) < 4.78 is 5.50. The molecule has 0 atom stereocenters. The van der Waals surface area contributed by atoms with Crippen LogP contribution in [0.25, 0.3) is 11.0 Å². The van der Waals surface area contributed by atoms with E-state index in [4.69, 9.17) is 16.0 Å². The Balaban J connectivity index is 1.68. The number of anilines is 1. The molecule has 1 N–H and O–H groups in total. The highest BCUT2D eigenvalue weighted by molar-refractivity contribution is 6.29. The summed E-state index contributed by atoms with van der Waals surface area (Å²) in [5, 5.41) is 4.78. The molecule has 0 radical (unpaired) electrons. The van der Waals surface area contributed by atoms with Crippen LogP contribution in [-0.4, -0.2) is 16.5 Å². The van der Waals surface area contributed by atoms with E-state index in [1.807, 2.05) is 18.2 Å². The van der Waals surface area contributed by atoms with Crippen LogP contribution in [0.1, 0.15) is 5.56 Å². The van der Waals surface area contributed by atoms with Crippen molar-refractivity contribution in [2.45, 2.75) is 6.42 Å². The van der Waals surface area contributed by atoms with E-state index < -0.39 is 0 Å². The monoisotopic (exact) mass is 273 g/mol. The van der Waals surface area contributed by atoms with Gasteiger partial charge in [-0.2, -0.15) is 0 Å². The molecule has 0 spiro atoms. The molecular weight excluding hydrogens is 262 g/mol. The molecule has 0 bridgehead atoms. The predicted octanol–water partition coefficient (Wildman–Crippen LogP) is 3.53. The van der Waals surface area contributed by atoms with Gasteiger partial charge in [0.2, 0.25) is 0 Å². The van der Waals surface area contributed by atoms with Crippen LogP contribution in [0.15, 0.2) is 47.3 Å². The number of nitrogens with zero attached hydrogens (tertiary/aromatic N) is 2. The molecule has 0 aliphatic carbocycles. The van der Waals surface area contributed by atoms with E-state index in [-0.39, 0.29) is 0 Å². The Morgan fingerprint density at radius 2 is 2.16 bits per heavy atom. The molecule has 2 heterocycles. The molecule has 0 aliphatic rings. The van der Waals surface area contributed by atoms with Crippen LogP contribution in [0.3, 0.4) is 0 Å². The number of rotatable bonds is 4. The molecule has 3 aromatic rings. The van der Waals surface area contributed by atoms with Crippen molar-refractivity contribution in [3.8, 4) is 0 Å². The third kappa shape index (κ3) is 2.69. The highest BCUT2D eigenvalue weighted by Gasteiger charge is 2.03. The summed E-state index contributed by atoms with van der Waals surface area (Å²) in [4.78, 5) is 7.93. The Bertz CT molecular complexity index is 696. The minimum absolute atomic E-state index is 0.436. The van der Waals surface area contributed by atoms with Crippen LogP contribution < -0.4 is 5.32 Å². The first-order chi connectivity index (χ1) is 9.33. The third-order valence-corrected chi connectivity index (χ3v) is 3.10. The van der Waals surface area contributed by atoms with Crippen molar-refractivity contribution in [3.63, 3.8) is 0 Å². The van der Waals surface area contributed by atoms with Gasteiger partial charge >= 0.3 is 0 Å². The lowest BCUT2D eigenvalue weighted by Gasteiger charge is -2.06. The number of halogens is 1. The van der Waals surface area contributed by atoms with Crippen molar-refractivity contribution in [1.29, 1.82) is 0 Å². The van der Waals surface area contributed by atoms with E-state index in [0.717, 1.165) is 29.8 Å². The fraction of sp³-hybridized carbons (Fsp3) is 0.143. The molecule has 0 saturated carbocycles. The van der Waals surface area contributed by atoms with Crippen LogP contribution in [0.5, 0.6) is 0 Å². The maximum atomic E-state index is 5.80. The summed E-state index contributed by atoms with van der Waals surface area (Å²) in [5.74, 6) is 0.728. The fourth-order valence-corrected chi connectivity index (χ4v) is 2.15. The normalized spacial score (nSPS) is 10.8. The first-order valence-electron chi connectivity index (χ1n) is 5.99. The molecular formula is C14H12ClN3O. The first-order valence-corrected chi connectivity index (χ1v) is 6.37. The number of benzene rings is 1. The number of fused-ring (bicyclic) bond motifs is 1. The summed E-state index contributed by atoms with van der Waals surface area (Å²) >= 11 is 5.80. The molecule has 0 unspecified atom stereocenters. The first kappa shape index (κ1) is 12.0. The maximum absolute atomic E-state index is 5.80. The second-order valence-corrected chi connectivity index (χ2v) is 4.55. The van der Waals surface area contributed by atoms with Gasteiger partial charge in [0.1, 0.15) is 22.9 Å². The van der Waals surface area contributed by atoms with E-state index in [1.165, 1.54) is 11.9 Å². The molecule has 3 rings (SSSR count). The Morgan fingerprint density at radius 1 is 1.21 bits per heavy atom. The molecule has 5 heteroatoms. The minimum Gasteiger partial charge on any atom is -0.464 e. The lowest BCUT2D eigenvalue weighted by atomic mass is 10.1. The van der Waals surface area contributed by atoms with Gasteiger partial charge in [0.15, 0.2) is 0 Å². The van der Waals surface area contributed by atoms with Crippen LogP contribution >= 0.6 is 11.6 Å². The fourth-order valence-electron chi connectivity index (χ4n) is 2.01. The Labute approximate surface area is 115 Å². The molecule has 0 aliphatic heterocycles. The number of hydrogen-bond donors (Lipinski definition) is 1.